The van der Waals surface area contributed by atoms with Crippen LogP contribution in [0.5, 0.6) is 0 Å². The van der Waals surface area contributed by atoms with Crippen molar-refractivity contribution in [1.82, 2.24) is 10.2 Å². The normalized spacial score (nSPS) is 19.9. The molecule has 2 atom stereocenters. The standard InChI is InChI=1S/C20H18ClN3O8S/c1-10(25)31-8-12-9-33-19-15(18(28)24(19)16(12)20(29)30)22-17(27)14(23-32-13(26)7-21)11-5-3-2-4-6-11/h2-6,15,19H,7-9H2,1H3,(H,22,27)(H,29,30)/t15-,19-/m1/s1. The molecule has 33 heavy (non-hydrogen) atoms. The molecule has 0 aromatic heterocycles. The first-order chi connectivity index (χ1) is 15.7. The van der Waals surface area contributed by atoms with E-state index in [1.165, 1.54) is 18.7 Å². The molecule has 1 aromatic rings. The first-order valence-electron chi connectivity index (χ1n) is 9.48. The number of ether oxygens (including phenoxy) is 1. The summed E-state index contributed by atoms with van der Waals surface area (Å²) in [5, 5.41) is 15.0. The van der Waals surface area contributed by atoms with Crippen molar-refractivity contribution in [2.75, 3.05) is 18.2 Å². The third-order valence-corrected chi connectivity index (χ3v) is 6.15. The highest BCUT2D eigenvalue weighted by Crippen LogP contribution is 2.40. The molecule has 1 saturated heterocycles. The number of β-lactam (4-membered cyclic amide) rings is 1. The second-order valence-electron chi connectivity index (χ2n) is 6.80. The first-order valence-corrected chi connectivity index (χ1v) is 11.1. The van der Waals surface area contributed by atoms with Gasteiger partial charge >= 0.3 is 17.9 Å². The van der Waals surface area contributed by atoms with Crippen LogP contribution >= 0.6 is 23.4 Å². The summed E-state index contributed by atoms with van der Waals surface area (Å²) in [4.78, 5) is 65.6. The number of thioether (sulfide) groups is 1. The molecule has 1 fully saturated rings. The van der Waals surface area contributed by atoms with Gasteiger partial charge in [-0.3, -0.25) is 19.3 Å². The maximum Gasteiger partial charge on any atom is 0.352 e. The van der Waals surface area contributed by atoms with Crippen molar-refractivity contribution in [3.8, 4) is 0 Å². The summed E-state index contributed by atoms with van der Waals surface area (Å²) < 4.78 is 4.88. The van der Waals surface area contributed by atoms with Gasteiger partial charge in [0.1, 0.15) is 29.6 Å². The van der Waals surface area contributed by atoms with Gasteiger partial charge in [-0.2, -0.15) is 0 Å². The van der Waals surface area contributed by atoms with Gasteiger partial charge in [0, 0.05) is 23.8 Å². The van der Waals surface area contributed by atoms with E-state index < -0.39 is 47.0 Å². The molecule has 0 spiro atoms. The number of carboxylic acid groups (broad SMARTS) is 1. The van der Waals surface area contributed by atoms with Crippen molar-refractivity contribution >= 4 is 58.8 Å². The van der Waals surface area contributed by atoms with Crippen LogP contribution in [0.4, 0.5) is 0 Å². The maximum absolute atomic E-state index is 12.9. The van der Waals surface area contributed by atoms with Gasteiger partial charge in [-0.05, 0) is 0 Å². The Morgan fingerprint density at radius 3 is 2.58 bits per heavy atom. The number of esters is 1. The zero-order valence-electron chi connectivity index (χ0n) is 17.1. The summed E-state index contributed by atoms with van der Waals surface area (Å²) in [6, 6.07) is 7.08. The SMILES string of the molecule is CC(=O)OCC1=C(C(=O)O)N2C(=O)[C@@H](NC(=O)C(=NOC(=O)CCl)c3ccccc3)[C@H]2SC1. The van der Waals surface area contributed by atoms with Crippen molar-refractivity contribution < 1.29 is 38.7 Å². The maximum atomic E-state index is 12.9. The molecule has 0 unspecified atom stereocenters. The van der Waals surface area contributed by atoms with Crippen molar-refractivity contribution in [3.05, 3.63) is 47.2 Å². The molecular formula is C20H18ClN3O8S. The number of amides is 2. The number of nitrogens with one attached hydrogen (secondary N) is 1. The molecule has 174 valence electrons. The zero-order valence-corrected chi connectivity index (χ0v) is 18.7. The molecule has 0 radical (unpaired) electrons. The summed E-state index contributed by atoms with van der Waals surface area (Å²) in [7, 11) is 0. The Balaban J connectivity index is 1.79. The number of carboxylic acids is 1. The molecule has 1 aromatic carbocycles. The number of rotatable bonds is 8. The minimum absolute atomic E-state index is 0.183. The number of oxime groups is 1. The predicted molar refractivity (Wildman–Crippen MR) is 116 cm³/mol. The average Bonchev–Trinajstić information content (AvgIpc) is 2.80. The molecular weight excluding hydrogens is 478 g/mol. The van der Waals surface area contributed by atoms with Crippen LogP contribution in [0.25, 0.3) is 0 Å². The van der Waals surface area contributed by atoms with Crippen LogP contribution in [0, 0.1) is 0 Å². The Bertz CT molecular complexity index is 1060. The minimum atomic E-state index is -1.35. The van der Waals surface area contributed by atoms with Crippen LogP contribution in [-0.2, 0) is 33.5 Å². The number of fused-ring (bicyclic) bond motifs is 1. The van der Waals surface area contributed by atoms with Gasteiger partial charge in [-0.25, -0.2) is 9.59 Å². The number of hydrogen-bond donors (Lipinski definition) is 2. The topological polar surface area (TPSA) is 152 Å². The summed E-state index contributed by atoms with van der Waals surface area (Å²) in [5.74, 6) is -4.53. The Morgan fingerprint density at radius 2 is 1.97 bits per heavy atom. The number of halogens is 1. The van der Waals surface area contributed by atoms with Crippen LogP contribution in [0.1, 0.15) is 12.5 Å². The Labute approximate surface area is 196 Å². The summed E-state index contributed by atoms with van der Waals surface area (Å²) >= 11 is 6.60. The number of carbonyl (C=O) groups excluding carboxylic acids is 4. The largest absolute Gasteiger partial charge is 0.477 e. The monoisotopic (exact) mass is 495 g/mol. The smallest absolute Gasteiger partial charge is 0.352 e. The molecule has 2 aliphatic heterocycles. The third kappa shape index (κ3) is 5.34. The fourth-order valence-corrected chi connectivity index (χ4v) is 4.51. The number of nitrogens with zero attached hydrogens (tertiary/aromatic N) is 2. The van der Waals surface area contributed by atoms with Gasteiger partial charge in [0.25, 0.3) is 11.8 Å². The summed E-state index contributed by atoms with van der Waals surface area (Å²) in [6.07, 6.45) is 0. The lowest BCUT2D eigenvalue weighted by Crippen LogP contribution is -2.71. The van der Waals surface area contributed by atoms with Gasteiger partial charge in [0.05, 0.1) is 0 Å². The lowest BCUT2D eigenvalue weighted by molar-refractivity contribution is -0.150. The van der Waals surface area contributed by atoms with Gasteiger partial charge in [-0.1, -0.05) is 35.5 Å². The molecule has 2 N–H and O–H groups in total. The molecule has 11 nitrogen and oxygen atoms in total. The van der Waals surface area contributed by atoms with Gasteiger partial charge in [0.15, 0.2) is 5.71 Å². The quantitative estimate of drug-likeness (QED) is 0.131. The van der Waals surface area contributed by atoms with E-state index >= 15 is 0 Å². The molecule has 0 bridgehead atoms. The molecule has 0 aliphatic carbocycles. The van der Waals surface area contributed by atoms with Crippen LogP contribution < -0.4 is 5.32 Å². The zero-order chi connectivity index (χ0) is 24.1. The highest BCUT2D eigenvalue weighted by Gasteiger charge is 2.54. The van der Waals surface area contributed by atoms with Gasteiger partial charge in [-0.15, -0.1) is 23.4 Å². The number of benzene rings is 1. The van der Waals surface area contributed by atoms with E-state index in [0.29, 0.717) is 5.56 Å². The second-order valence-corrected chi connectivity index (χ2v) is 8.17. The van der Waals surface area contributed by atoms with E-state index in [2.05, 4.69) is 15.3 Å². The third-order valence-electron chi connectivity index (χ3n) is 4.60. The molecule has 2 amide bonds. The van der Waals surface area contributed by atoms with Crippen molar-refractivity contribution in [2.24, 2.45) is 5.16 Å². The highest BCUT2D eigenvalue weighted by molar-refractivity contribution is 8.00. The number of hydrogen-bond acceptors (Lipinski definition) is 9. The van der Waals surface area contributed by atoms with Crippen molar-refractivity contribution in [2.45, 2.75) is 18.3 Å². The molecule has 0 saturated carbocycles. The van der Waals surface area contributed by atoms with Crippen molar-refractivity contribution in [3.63, 3.8) is 0 Å². The predicted octanol–water partition coefficient (Wildman–Crippen LogP) is 0.474. The number of carbonyl (C=O) groups is 5. The van der Waals surface area contributed by atoms with Gasteiger partial charge < -0.3 is 20.0 Å². The molecule has 2 heterocycles. The second kappa shape index (κ2) is 10.5. The van der Waals surface area contributed by atoms with Crippen LogP contribution in [0.15, 0.2) is 46.8 Å². The fraction of sp³-hybridized carbons (Fsp3) is 0.300. The first kappa shape index (κ1) is 24.3. The minimum Gasteiger partial charge on any atom is -0.477 e. The Hall–Kier alpha value is -3.38. The van der Waals surface area contributed by atoms with E-state index in [4.69, 9.17) is 16.3 Å². The fourth-order valence-electron chi connectivity index (χ4n) is 3.13. The number of aliphatic carboxylic acids is 1. The lowest BCUT2D eigenvalue weighted by Gasteiger charge is -2.49. The van der Waals surface area contributed by atoms with Crippen molar-refractivity contribution in [1.29, 1.82) is 0 Å². The van der Waals surface area contributed by atoms with E-state index in [1.54, 1.807) is 30.3 Å². The summed E-state index contributed by atoms with van der Waals surface area (Å²) in [6.45, 7) is 0.935. The van der Waals surface area contributed by atoms with E-state index in [1.807, 2.05) is 0 Å². The van der Waals surface area contributed by atoms with E-state index in [0.717, 1.165) is 4.90 Å². The Kier molecular flexibility index (Phi) is 7.71. The Morgan fingerprint density at radius 1 is 1.27 bits per heavy atom. The molecule has 13 heteroatoms. The van der Waals surface area contributed by atoms with Crippen LogP contribution in [-0.4, -0.2) is 75.1 Å². The molecule has 3 rings (SSSR count). The lowest BCUT2D eigenvalue weighted by atomic mass is 10.0. The summed E-state index contributed by atoms with van der Waals surface area (Å²) in [5.41, 5.74) is 0.0675. The number of alkyl halides is 1. The van der Waals surface area contributed by atoms with E-state index in [9.17, 15) is 29.1 Å². The average molecular weight is 496 g/mol. The van der Waals surface area contributed by atoms with Crippen LogP contribution in [0.3, 0.4) is 0 Å². The van der Waals surface area contributed by atoms with E-state index in [-0.39, 0.29) is 29.3 Å². The molecule has 2 aliphatic rings. The highest BCUT2D eigenvalue weighted by atomic mass is 35.5. The van der Waals surface area contributed by atoms with Crippen LogP contribution in [0.2, 0.25) is 0 Å². The van der Waals surface area contributed by atoms with Gasteiger partial charge in [0.2, 0.25) is 0 Å².